The molecule has 0 spiro atoms. The lowest BCUT2D eigenvalue weighted by Gasteiger charge is -2.32. The Morgan fingerprint density at radius 2 is 2.00 bits per heavy atom. The van der Waals surface area contributed by atoms with Gasteiger partial charge in [0.05, 0.1) is 11.4 Å². The van der Waals surface area contributed by atoms with Crippen LogP contribution in [0.2, 0.25) is 0 Å². The number of hydrogen-bond donors (Lipinski definition) is 2. The van der Waals surface area contributed by atoms with Gasteiger partial charge in [-0.3, -0.25) is 4.18 Å². The molecule has 144 valence electrons. The Kier molecular flexibility index (Phi) is 6.99. The Morgan fingerprint density at radius 3 is 2.54 bits per heavy atom. The minimum Gasteiger partial charge on any atom is -0.750 e. The lowest BCUT2D eigenvalue weighted by molar-refractivity contribution is 0.226. The molecule has 1 heterocycles. The van der Waals surface area contributed by atoms with Gasteiger partial charge in [0, 0.05) is 27.3 Å². The van der Waals surface area contributed by atoms with Crippen molar-refractivity contribution >= 4 is 22.7 Å². The third kappa shape index (κ3) is 4.02. The first-order chi connectivity index (χ1) is 12.3. The number of phenols is 1. The fourth-order valence-corrected chi connectivity index (χ4v) is 5.39. The maximum atomic E-state index is 10.9. The number of benzene rings is 1. The number of aromatic hydroxyl groups is 1. The molecule has 2 rings (SSSR count). The van der Waals surface area contributed by atoms with Crippen LogP contribution < -0.4 is 5.73 Å². The van der Waals surface area contributed by atoms with Gasteiger partial charge in [-0.1, -0.05) is 19.9 Å². The number of aryl methyl sites for hydroxylation is 1. The molecule has 0 bridgehead atoms. The van der Waals surface area contributed by atoms with E-state index in [1.807, 2.05) is 19.1 Å². The van der Waals surface area contributed by atoms with E-state index in [0.717, 1.165) is 39.3 Å². The van der Waals surface area contributed by atoms with Crippen molar-refractivity contribution in [1.82, 2.24) is 0 Å². The third-order valence-corrected chi connectivity index (χ3v) is 7.13. The van der Waals surface area contributed by atoms with E-state index in [1.165, 1.54) is 0 Å². The summed E-state index contributed by atoms with van der Waals surface area (Å²) in [5.74, 6) is 0.209. The molecule has 2 atom stereocenters. The zero-order valence-corrected chi connectivity index (χ0v) is 17.2. The predicted molar refractivity (Wildman–Crippen MR) is 105 cm³/mol. The van der Waals surface area contributed by atoms with E-state index in [9.17, 15) is 13.9 Å². The minimum absolute atomic E-state index is 0.209. The van der Waals surface area contributed by atoms with Crippen molar-refractivity contribution in [3.8, 4) is 5.75 Å². The molecule has 7 heteroatoms. The van der Waals surface area contributed by atoms with E-state index in [0.29, 0.717) is 0 Å². The van der Waals surface area contributed by atoms with Crippen molar-refractivity contribution in [2.24, 2.45) is 5.73 Å². The molecule has 2 aromatic rings. The standard InChI is InChI=1S/C19H27NO4S2/c1-5-19(6-2,15-7-8-16(21)14(10-15)11-20)17-9-12(3)18(25-17)13(4)24-26(22)23/h7-10,13,21H,5-6,11,20H2,1-4H3,(H,22,23)/p-1. The molecular weight excluding hydrogens is 370 g/mol. The van der Waals surface area contributed by atoms with E-state index in [-0.39, 0.29) is 17.7 Å². The zero-order valence-electron chi connectivity index (χ0n) is 15.6. The van der Waals surface area contributed by atoms with Crippen molar-refractivity contribution in [3.63, 3.8) is 0 Å². The van der Waals surface area contributed by atoms with Crippen LogP contribution in [0.4, 0.5) is 0 Å². The van der Waals surface area contributed by atoms with Crippen LogP contribution in [0.25, 0.3) is 0 Å². The number of hydrogen-bond acceptors (Lipinski definition) is 6. The Balaban J connectivity index is 2.55. The van der Waals surface area contributed by atoms with Gasteiger partial charge in [0.15, 0.2) is 0 Å². The van der Waals surface area contributed by atoms with Gasteiger partial charge in [0.25, 0.3) is 0 Å². The molecule has 0 fully saturated rings. The summed E-state index contributed by atoms with van der Waals surface area (Å²) in [6.45, 7) is 8.27. The van der Waals surface area contributed by atoms with Crippen LogP contribution in [0, 0.1) is 6.92 Å². The second-order valence-corrected chi connectivity index (χ2v) is 8.12. The maximum absolute atomic E-state index is 10.9. The largest absolute Gasteiger partial charge is 0.750 e. The second-order valence-electron chi connectivity index (χ2n) is 6.44. The third-order valence-electron chi connectivity index (χ3n) is 5.08. The van der Waals surface area contributed by atoms with E-state index >= 15 is 0 Å². The summed E-state index contributed by atoms with van der Waals surface area (Å²) in [5, 5.41) is 9.97. The number of rotatable bonds is 8. The van der Waals surface area contributed by atoms with Gasteiger partial charge < -0.3 is 15.4 Å². The highest BCUT2D eigenvalue weighted by molar-refractivity contribution is 7.74. The molecule has 0 saturated heterocycles. The zero-order chi connectivity index (χ0) is 19.5. The van der Waals surface area contributed by atoms with Gasteiger partial charge in [-0.15, -0.1) is 11.3 Å². The van der Waals surface area contributed by atoms with Crippen molar-refractivity contribution in [2.45, 2.75) is 58.6 Å². The second kappa shape index (κ2) is 8.63. The minimum atomic E-state index is -2.55. The van der Waals surface area contributed by atoms with Gasteiger partial charge in [0.2, 0.25) is 0 Å². The molecule has 0 aliphatic rings. The first-order valence-electron chi connectivity index (χ1n) is 8.68. The van der Waals surface area contributed by atoms with Crippen LogP contribution in [0.15, 0.2) is 24.3 Å². The molecule has 2 unspecified atom stereocenters. The molecule has 0 aliphatic carbocycles. The van der Waals surface area contributed by atoms with Gasteiger partial charge in [-0.2, -0.15) is 0 Å². The van der Waals surface area contributed by atoms with E-state index in [1.54, 1.807) is 24.3 Å². The molecule has 5 nitrogen and oxygen atoms in total. The topological polar surface area (TPSA) is 95.6 Å². The van der Waals surface area contributed by atoms with Gasteiger partial charge in [-0.25, -0.2) is 4.21 Å². The molecule has 0 saturated carbocycles. The van der Waals surface area contributed by atoms with Crippen LogP contribution in [-0.2, 0) is 27.5 Å². The predicted octanol–water partition coefficient (Wildman–Crippen LogP) is 4.20. The molecule has 26 heavy (non-hydrogen) atoms. The van der Waals surface area contributed by atoms with Crippen molar-refractivity contribution in [1.29, 1.82) is 0 Å². The molecule has 0 aliphatic heterocycles. The summed E-state index contributed by atoms with van der Waals surface area (Å²) < 4.78 is 26.7. The highest BCUT2D eigenvalue weighted by Gasteiger charge is 2.34. The van der Waals surface area contributed by atoms with Gasteiger partial charge in [-0.05, 0) is 56.0 Å². The Bertz CT molecular complexity index is 784. The monoisotopic (exact) mass is 396 g/mol. The van der Waals surface area contributed by atoms with Gasteiger partial charge >= 0.3 is 0 Å². The summed E-state index contributed by atoms with van der Waals surface area (Å²) in [6, 6.07) is 7.74. The Labute approximate surface area is 161 Å². The molecule has 3 N–H and O–H groups in total. The summed E-state index contributed by atoms with van der Waals surface area (Å²) in [5.41, 5.74) is 8.40. The molecule has 0 amide bonds. The summed E-state index contributed by atoms with van der Waals surface area (Å²) >= 11 is -0.962. The number of phenolic OH excluding ortho intramolecular Hbond substituents is 1. The first-order valence-corrected chi connectivity index (χ1v) is 10.5. The highest BCUT2D eigenvalue weighted by Crippen LogP contribution is 2.45. The van der Waals surface area contributed by atoms with Gasteiger partial charge in [0.1, 0.15) is 11.9 Å². The molecule has 1 aromatic carbocycles. The summed E-state index contributed by atoms with van der Waals surface area (Å²) in [4.78, 5) is 2.07. The smallest absolute Gasteiger partial charge is 0.120 e. The van der Waals surface area contributed by atoms with Crippen molar-refractivity contribution in [3.05, 3.63) is 50.7 Å². The average molecular weight is 397 g/mol. The summed E-state index contributed by atoms with van der Waals surface area (Å²) in [7, 11) is 0. The molecular formula is C19H26NO4S2-. The summed E-state index contributed by atoms with van der Waals surface area (Å²) in [6.07, 6.45) is 1.23. The molecule has 0 radical (unpaired) electrons. The van der Waals surface area contributed by atoms with Crippen LogP contribution in [-0.4, -0.2) is 13.9 Å². The SMILES string of the molecule is CCC(CC)(c1ccc(O)c(CN)c1)c1cc(C)c(C(C)OS(=O)[O-])s1. The highest BCUT2D eigenvalue weighted by atomic mass is 32.2. The first kappa shape index (κ1) is 21.1. The van der Waals surface area contributed by atoms with Crippen LogP contribution in [0.5, 0.6) is 5.75 Å². The average Bonchev–Trinajstić information content (AvgIpc) is 2.99. The van der Waals surface area contributed by atoms with Crippen LogP contribution >= 0.6 is 11.3 Å². The lowest BCUT2D eigenvalue weighted by Crippen LogP contribution is -2.25. The van der Waals surface area contributed by atoms with E-state index in [4.69, 9.17) is 9.92 Å². The lowest BCUT2D eigenvalue weighted by atomic mass is 9.74. The van der Waals surface area contributed by atoms with Crippen molar-refractivity contribution in [2.75, 3.05) is 0 Å². The van der Waals surface area contributed by atoms with Crippen LogP contribution in [0.3, 0.4) is 0 Å². The van der Waals surface area contributed by atoms with Crippen molar-refractivity contribution < 1.29 is 18.1 Å². The van der Waals surface area contributed by atoms with Crippen LogP contribution in [0.1, 0.15) is 66.2 Å². The molecule has 1 aromatic heterocycles. The van der Waals surface area contributed by atoms with E-state index < -0.39 is 17.5 Å². The maximum Gasteiger partial charge on any atom is 0.120 e. The fraction of sp³-hybridized carbons (Fsp3) is 0.474. The number of thiophene rings is 1. The normalized spacial score (nSPS) is 14.4. The number of nitrogens with two attached hydrogens (primary N) is 1. The fourth-order valence-electron chi connectivity index (χ4n) is 3.49. The van der Waals surface area contributed by atoms with E-state index in [2.05, 4.69) is 19.9 Å². The Morgan fingerprint density at radius 1 is 1.35 bits per heavy atom. The Hall–Kier alpha value is -1.25. The quantitative estimate of drug-likeness (QED) is 0.652.